The van der Waals surface area contributed by atoms with Crippen LogP contribution < -0.4 is 4.74 Å². The number of ether oxygens (including phenoxy) is 1. The minimum Gasteiger partial charge on any atom is -0.490 e. The number of rotatable bonds is 4. The van der Waals surface area contributed by atoms with Crippen molar-refractivity contribution >= 4 is 11.6 Å². The van der Waals surface area contributed by atoms with Crippen molar-refractivity contribution in [1.29, 1.82) is 0 Å². The molecule has 1 saturated carbocycles. The lowest BCUT2D eigenvalue weighted by molar-refractivity contribution is -0.0463. The van der Waals surface area contributed by atoms with E-state index >= 15 is 0 Å². The van der Waals surface area contributed by atoms with Crippen LogP contribution >= 0.6 is 11.6 Å². The van der Waals surface area contributed by atoms with Crippen LogP contribution in [-0.4, -0.2) is 11.5 Å². The summed E-state index contributed by atoms with van der Waals surface area (Å²) in [7, 11) is 0. The van der Waals surface area contributed by atoms with Gasteiger partial charge in [-0.25, -0.2) is 8.78 Å². The lowest BCUT2D eigenvalue weighted by Gasteiger charge is -2.52. The summed E-state index contributed by atoms with van der Waals surface area (Å²) in [5, 5.41) is 0.0998. The molecule has 100 valence electrons. The van der Waals surface area contributed by atoms with Gasteiger partial charge in [0.05, 0.1) is 0 Å². The minimum atomic E-state index is -0.882. The van der Waals surface area contributed by atoms with Gasteiger partial charge in [0.1, 0.15) is 11.9 Å². The van der Waals surface area contributed by atoms with Gasteiger partial charge in [-0.3, -0.25) is 0 Å². The maximum atomic E-state index is 13.1. The third-order valence-electron chi connectivity index (χ3n) is 4.17. The molecule has 0 amide bonds. The predicted octanol–water partition coefficient (Wildman–Crippen LogP) is 4.53. The van der Waals surface area contributed by atoms with Crippen molar-refractivity contribution < 1.29 is 13.5 Å². The molecule has 0 N–H and O–H groups in total. The van der Waals surface area contributed by atoms with E-state index in [1.807, 2.05) is 0 Å². The number of benzene rings is 1. The van der Waals surface area contributed by atoms with Crippen LogP contribution in [-0.2, 0) is 0 Å². The first-order valence-corrected chi connectivity index (χ1v) is 6.73. The molecule has 2 rings (SSSR count). The monoisotopic (exact) mass is 274 g/mol. The Balaban J connectivity index is 2.12. The molecule has 0 spiro atoms. The summed E-state index contributed by atoms with van der Waals surface area (Å²) in [5.74, 6) is -1.37. The summed E-state index contributed by atoms with van der Waals surface area (Å²) in [6.07, 6.45) is 2.58. The highest BCUT2D eigenvalue weighted by atomic mass is 35.5. The largest absolute Gasteiger partial charge is 0.490 e. The highest BCUT2D eigenvalue weighted by Gasteiger charge is 2.53. The van der Waals surface area contributed by atoms with Gasteiger partial charge in [0.2, 0.25) is 0 Å². The van der Waals surface area contributed by atoms with Crippen LogP contribution in [0.4, 0.5) is 8.78 Å². The first kappa shape index (κ1) is 13.6. The first-order chi connectivity index (χ1) is 8.53. The fourth-order valence-electron chi connectivity index (χ4n) is 2.73. The van der Waals surface area contributed by atoms with Crippen LogP contribution in [0.5, 0.6) is 5.75 Å². The average Bonchev–Trinajstić information content (AvgIpc) is 2.35. The molecule has 18 heavy (non-hydrogen) atoms. The minimum absolute atomic E-state index is 0.0140. The summed E-state index contributed by atoms with van der Waals surface area (Å²) in [4.78, 5) is 0. The van der Waals surface area contributed by atoms with Gasteiger partial charge < -0.3 is 4.74 Å². The van der Waals surface area contributed by atoms with Crippen molar-refractivity contribution in [2.24, 2.45) is 5.41 Å². The molecule has 0 aromatic heterocycles. The molecule has 0 saturated heterocycles. The second-order valence-electron chi connectivity index (χ2n) is 4.83. The Morgan fingerprint density at radius 3 is 2.44 bits per heavy atom. The number of hydrogen-bond donors (Lipinski definition) is 0. The quantitative estimate of drug-likeness (QED) is 0.733. The second kappa shape index (κ2) is 5.04. The Bertz CT molecular complexity index is 432. The van der Waals surface area contributed by atoms with Gasteiger partial charge in [0, 0.05) is 23.3 Å². The van der Waals surface area contributed by atoms with E-state index in [9.17, 15) is 8.78 Å². The van der Waals surface area contributed by atoms with E-state index in [4.69, 9.17) is 16.3 Å². The number of alkyl halides is 1. The lowest BCUT2D eigenvalue weighted by atomic mass is 9.62. The molecule has 1 aromatic carbocycles. The van der Waals surface area contributed by atoms with Crippen molar-refractivity contribution in [3.63, 3.8) is 0 Å². The molecule has 0 bridgehead atoms. The highest BCUT2D eigenvalue weighted by molar-refractivity contribution is 6.21. The van der Waals surface area contributed by atoms with E-state index in [0.717, 1.165) is 31.4 Å². The number of hydrogen-bond acceptors (Lipinski definition) is 1. The smallest absolute Gasteiger partial charge is 0.162 e. The van der Waals surface area contributed by atoms with Gasteiger partial charge >= 0.3 is 0 Å². The maximum absolute atomic E-state index is 13.1. The van der Waals surface area contributed by atoms with Gasteiger partial charge in [-0.05, 0) is 25.0 Å². The Kier molecular flexibility index (Phi) is 3.81. The van der Waals surface area contributed by atoms with Crippen molar-refractivity contribution in [2.75, 3.05) is 0 Å². The van der Waals surface area contributed by atoms with E-state index in [1.165, 1.54) is 6.07 Å². The van der Waals surface area contributed by atoms with Crippen LogP contribution in [0.2, 0.25) is 0 Å². The Hall–Kier alpha value is -0.830. The van der Waals surface area contributed by atoms with Crippen LogP contribution in [0.25, 0.3) is 0 Å². The van der Waals surface area contributed by atoms with Gasteiger partial charge in [0.25, 0.3) is 0 Å². The summed E-state index contributed by atoms with van der Waals surface area (Å²) in [6.45, 7) is 4.17. The van der Waals surface area contributed by atoms with Gasteiger partial charge in [-0.1, -0.05) is 13.8 Å². The third-order valence-corrected chi connectivity index (χ3v) is 4.78. The van der Waals surface area contributed by atoms with E-state index in [1.54, 1.807) is 0 Å². The topological polar surface area (TPSA) is 9.23 Å². The fourth-order valence-corrected chi connectivity index (χ4v) is 3.34. The molecule has 2 atom stereocenters. The molecule has 0 radical (unpaired) electrons. The lowest BCUT2D eigenvalue weighted by Crippen LogP contribution is -2.56. The summed E-state index contributed by atoms with van der Waals surface area (Å²) >= 11 is 6.28. The zero-order valence-corrected chi connectivity index (χ0v) is 11.3. The standard InChI is InChI=1S/C14H17ClF2O/c1-3-14(4-2)12(15)8-13(14)18-9-5-6-10(16)11(17)7-9/h5-7,12-13H,3-4,8H2,1-2H3. The normalized spacial score (nSPS) is 25.6. The number of halogens is 3. The predicted molar refractivity (Wildman–Crippen MR) is 68.0 cm³/mol. The zero-order valence-electron chi connectivity index (χ0n) is 10.6. The van der Waals surface area contributed by atoms with Crippen molar-refractivity contribution in [1.82, 2.24) is 0 Å². The Morgan fingerprint density at radius 2 is 1.94 bits per heavy atom. The summed E-state index contributed by atoms with van der Waals surface area (Å²) in [6, 6.07) is 3.63. The van der Waals surface area contributed by atoms with Crippen molar-refractivity contribution in [3.8, 4) is 5.75 Å². The van der Waals surface area contributed by atoms with Crippen molar-refractivity contribution in [3.05, 3.63) is 29.8 Å². The van der Waals surface area contributed by atoms with Crippen LogP contribution in [0.3, 0.4) is 0 Å². The van der Waals surface area contributed by atoms with E-state index in [0.29, 0.717) is 5.75 Å². The van der Waals surface area contributed by atoms with Crippen LogP contribution in [0, 0.1) is 17.0 Å². The molecule has 1 aliphatic rings. The zero-order chi connectivity index (χ0) is 13.3. The highest BCUT2D eigenvalue weighted by Crippen LogP contribution is 2.51. The molecule has 1 fully saturated rings. The van der Waals surface area contributed by atoms with Gasteiger partial charge in [-0.15, -0.1) is 11.6 Å². The summed E-state index contributed by atoms with van der Waals surface area (Å²) < 4.78 is 31.7. The Labute approximate surface area is 111 Å². The fraction of sp³-hybridized carbons (Fsp3) is 0.571. The molecule has 1 nitrogen and oxygen atoms in total. The van der Waals surface area contributed by atoms with E-state index in [-0.39, 0.29) is 16.9 Å². The van der Waals surface area contributed by atoms with E-state index < -0.39 is 11.6 Å². The van der Waals surface area contributed by atoms with Gasteiger partial charge in [-0.2, -0.15) is 0 Å². The molecular weight excluding hydrogens is 258 g/mol. The first-order valence-electron chi connectivity index (χ1n) is 6.29. The molecule has 0 heterocycles. The SMILES string of the molecule is CCC1(CC)C(Cl)CC1Oc1ccc(F)c(F)c1. The second-order valence-corrected chi connectivity index (χ2v) is 5.35. The Morgan fingerprint density at radius 1 is 1.28 bits per heavy atom. The molecule has 1 aliphatic carbocycles. The molecular formula is C14H17ClF2O. The van der Waals surface area contributed by atoms with Crippen LogP contribution in [0.1, 0.15) is 33.1 Å². The van der Waals surface area contributed by atoms with Crippen LogP contribution in [0.15, 0.2) is 18.2 Å². The molecule has 2 unspecified atom stereocenters. The molecule has 0 aliphatic heterocycles. The van der Waals surface area contributed by atoms with E-state index in [2.05, 4.69) is 13.8 Å². The summed E-state index contributed by atoms with van der Waals surface area (Å²) in [5.41, 5.74) is -0.0492. The molecule has 1 aromatic rings. The molecule has 4 heteroatoms. The third kappa shape index (κ3) is 2.09. The van der Waals surface area contributed by atoms with Crippen molar-refractivity contribution in [2.45, 2.75) is 44.6 Å². The average molecular weight is 275 g/mol. The van der Waals surface area contributed by atoms with Gasteiger partial charge in [0.15, 0.2) is 11.6 Å². The maximum Gasteiger partial charge on any atom is 0.162 e.